The molecule has 0 aliphatic heterocycles. The first-order chi connectivity index (χ1) is 11.5. The summed E-state index contributed by atoms with van der Waals surface area (Å²) in [6.45, 7) is 4.23. The molecule has 5 N–H and O–H groups in total. The Labute approximate surface area is 142 Å². The summed E-state index contributed by atoms with van der Waals surface area (Å²) in [6, 6.07) is 18.1. The van der Waals surface area contributed by atoms with E-state index in [1.807, 2.05) is 53.8 Å². The molecule has 5 nitrogen and oxygen atoms in total. The van der Waals surface area contributed by atoms with Gasteiger partial charge in [-0.1, -0.05) is 74.5 Å². The van der Waals surface area contributed by atoms with Gasteiger partial charge in [0, 0.05) is 17.0 Å². The summed E-state index contributed by atoms with van der Waals surface area (Å²) in [7, 11) is 0. The van der Waals surface area contributed by atoms with Gasteiger partial charge in [0.25, 0.3) is 5.91 Å². The molecule has 24 heavy (non-hydrogen) atoms. The zero-order valence-electron chi connectivity index (χ0n) is 14.0. The summed E-state index contributed by atoms with van der Waals surface area (Å²) < 4.78 is 0. The van der Waals surface area contributed by atoms with Crippen molar-refractivity contribution in [2.75, 3.05) is 0 Å². The second-order valence-electron chi connectivity index (χ2n) is 6.11. The molecule has 0 fully saturated rings. The molecule has 3 amide bonds. The summed E-state index contributed by atoms with van der Waals surface area (Å²) in [5.74, 6) is -0.102. The Hall–Kier alpha value is -2.66. The van der Waals surface area contributed by atoms with E-state index in [2.05, 4.69) is 31.3 Å². The van der Waals surface area contributed by atoms with Crippen LogP contribution in [0.4, 0.5) is 4.79 Å². The first kappa shape index (κ1) is 17.7. The van der Waals surface area contributed by atoms with Crippen molar-refractivity contribution in [1.29, 1.82) is 0 Å². The van der Waals surface area contributed by atoms with Crippen molar-refractivity contribution in [2.24, 2.45) is 11.7 Å². The quantitative estimate of drug-likeness (QED) is 0.757. The zero-order valence-corrected chi connectivity index (χ0v) is 14.0. The van der Waals surface area contributed by atoms with Gasteiger partial charge >= 0.3 is 6.03 Å². The highest BCUT2D eigenvalue weighted by molar-refractivity contribution is 5.96. The van der Waals surface area contributed by atoms with Crippen molar-refractivity contribution in [3.05, 3.63) is 71.8 Å². The maximum atomic E-state index is 12.5. The van der Waals surface area contributed by atoms with Gasteiger partial charge in [-0.25, -0.2) is 4.79 Å². The molecule has 0 saturated heterocycles. The lowest BCUT2D eigenvalue weighted by Gasteiger charge is -2.25. The fraction of sp³-hybridized carbons (Fsp3) is 0.263. The van der Waals surface area contributed by atoms with E-state index < -0.39 is 18.0 Å². The van der Waals surface area contributed by atoms with Crippen LogP contribution < -0.4 is 16.4 Å². The molecule has 0 radical (unpaired) electrons. The number of benzene rings is 2. The molecule has 0 aliphatic carbocycles. The number of primary amides is 1. The first-order valence-electron chi connectivity index (χ1n) is 8.04. The van der Waals surface area contributed by atoms with Crippen LogP contribution in [-0.4, -0.2) is 11.9 Å². The van der Waals surface area contributed by atoms with Gasteiger partial charge in [-0.2, -0.15) is 0 Å². The molecule has 5 heteroatoms. The predicted molar refractivity (Wildman–Crippen MR) is 92.9 cm³/mol. The lowest BCUT2D eigenvalue weighted by Crippen LogP contribution is -2.89. The summed E-state index contributed by atoms with van der Waals surface area (Å²) in [6.07, 6.45) is 0. The number of urea groups is 1. The Balaban J connectivity index is 2.32. The van der Waals surface area contributed by atoms with Crippen molar-refractivity contribution in [3.8, 4) is 0 Å². The molecule has 2 aromatic carbocycles. The molecule has 0 heterocycles. The van der Waals surface area contributed by atoms with Crippen LogP contribution in [0, 0.1) is 5.92 Å². The number of hydrogen-bond acceptors (Lipinski definition) is 2. The van der Waals surface area contributed by atoms with Crippen LogP contribution in [0.1, 0.15) is 37.1 Å². The average Bonchev–Trinajstić information content (AvgIpc) is 2.56. The normalized spacial score (nSPS) is 13.3. The third kappa shape index (κ3) is 4.67. The largest absolute Gasteiger partial charge is 0.351 e. The van der Waals surface area contributed by atoms with Crippen molar-refractivity contribution in [3.63, 3.8) is 0 Å². The minimum absolute atomic E-state index is 0.0787. The second-order valence-corrected chi connectivity index (χ2v) is 6.11. The average molecular weight is 326 g/mol. The van der Waals surface area contributed by atoms with Crippen molar-refractivity contribution in [1.82, 2.24) is 5.32 Å². The van der Waals surface area contributed by atoms with Crippen LogP contribution >= 0.6 is 0 Å². The van der Waals surface area contributed by atoms with Gasteiger partial charge in [0.1, 0.15) is 6.04 Å². The molecule has 2 rings (SSSR count). The zero-order chi connectivity index (χ0) is 17.5. The highest BCUT2D eigenvalue weighted by atomic mass is 16.2. The monoisotopic (exact) mass is 326 g/mol. The Bertz CT molecular complexity index is 672. The molecule has 0 aromatic heterocycles. The lowest BCUT2D eigenvalue weighted by molar-refractivity contribution is -0.728. The Morgan fingerprint density at radius 2 is 1.42 bits per heavy atom. The number of nitrogens with one attached hydrogen (secondary N) is 1. The van der Waals surface area contributed by atoms with Crippen LogP contribution in [0.25, 0.3) is 0 Å². The Morgan fingerprint density at radius 1 is 0.917 bits per heavy atom. The third-order valence-electron chi connectivity index (χ3n) is 3.99. The molecule has 0 bridgehead atoms. The molecule has 0 aliphatic rings. The second kappa shape index (κ2) is 8.26. The fourth-order valence-electron chi connectivity index (χ4n) is 2.81. The van der Waals surface area contributed by atoms with E-state index in [9.17, 15) is 9.59 Å². The predicted octanol–water partition coefficient (Wildman–Crippen LogP) is 1.88. The van der Waals surface area contributed by atoms with E-state index in [0.717, 1.165) is 11.1 Å². The maximum Gasteiger partial charge on any atom is 0.319 e. The highest BCUT2D eigenvalue weighted by Gasteiger charge is 2.31. The topological polar surface area (TPSA) is 88.8 Å². The van der Waals surface area contributed by atoms with Gasteiger partial charge < -0.3 is 11.1 Å². The first-order valence-corrected chi connectivity index (χ1v) is 8.04. The number of quaternary nitrogens is 1. The van der Waals surface area contributed by atoms with E-state index in [-0.39, 0.29) is 6.04 Å². The fourth-order valence-corrected chi connectivity index (χ4v) is 2.81. The molecular formula is C19H24N3O2+. The highest BCUT2D eigenvalue weighted by Crippen LogP contribution is 2.19. The summed E-state index contributed by atoms with van der Waals surface area (Å²) in [5, 5.41) is 4.20. The Kier molecular flexibility index (Phi) is 6.09. The van der Waals surface area contributed by atoms with Crippen LogP contribution in [0.2, 0.25) is 0 Å². The van der Waals surface area contributed by atoms with Crippen molar-refractivity contribution >= 4 is 11.9 Å². The minimum Gasteiger partial charge on any atom is -0.351 e. The Morgan fingerprint density at radius 3 is 1.88 bits per heavy atom. The van der Waals surface area contributed by atoms with Gasteiger partial charge in [-0.15, -0.1) is 0 Å². The number of nitrogens with two attached hydrogens (primary N) is 2. The number of carbonyl (C=O) groups excluding carboxylic acids is 2. The molecule has 0 unspecified atom stereocenters. The van der Waals surface area contributed by atoms with Gasteiger partial charge in [0.15, 0.2) is 6.04 Å². The number of rotatable bonds is 6. The summed E-state index contributed by atoms with van der Waals surface area (Å²) in [5.41, 5.74) is 7.10. The van der Waals surface area contributed by atoms with E-state index >= 15 is 0 Å². The van der Waals surface area contributed by atoms with Gasteiger partial charge in [-0.05, 0) is 0 Å². The number of carbonyl (C=O) groups is 2. The number of imide groups is 1. The maximum absolute atomic E-state index is 12.5. The summed E-state index contributed by atoms with van der Waals surface area (Å²) >= 11 is 0. The van der Waals surface area contributed by atoms with E-state index in [1.165, 1.54) is 0 Å². The van der Waals surface area contributed by atoms with Crippen LogP contribution in [0.5, 0.6) is 0 Å². The van der Waals surface area contributed by atoms with Crippen LogP contribution in [0.15, 0.2) is 60.7 Å². The molecule has 2 aromatic rings. The van der Waals surface area contributed by atoms with Gasteiger partial charge in [-0.3, -0.25) is 10.1 Å². The third-order valence-corrected chi connectivity index (χ3v) is 3.99. The van der Waals surface area contributed by atoms with Gasteiger partial charge in [0.05, 0.1) is 0 Å². The van der Waals surface area contributed by atoms with Crippen LogP contribution in [-0.2, 0) is 4.79 Å². The van der Waals surface area contributed by atoms with E-state index in [0.29, 0.717) is 5.92 Å². The van der Waals surface area contributed by atoms with Crippen LogP contribution in [0.3, 0.4) is 0 Å². The molecule has 126 valence electrons. The molecule has 0 saturated carbocycles. The standard InChI is InChI=1S/C19H23N3O2/c1-13(2)16(14-9-5-3-6-10-14)21-17(18(23)22-19(20)24)15-11-7-4-8-12-15/h3-13,16-17,21H,1-2H3,(H3,20,22,23,24)/p+1/t16-,17-/m1/s1. The summed E-state index contributed by atoms with van der Waals surface area (Å²) in [4.78, 5) is 23.6. The smallest absolute Gasteiger partial charge is 0.319 e. The minimum atomic E-state index is -0.838. The van der Waals surface area contributed by atoms with Crippen molar-refractivity contribution in [2.45, 2.75) is 25.9 Å². The molecular weight excluding hydrogens is 302 g/mol. The van der Waals surface area contributed by atoms with E-state index in [1.54, 1.807) is 0 Å². The van der Waals surface area contributed by atoms with E-state index in [4.69, 9.17) is 5.73 Å². The van der Waals surface area contributed by atoms with Gasteiger partial charge in [0.2, 0.25) is 0 Å². The van der Waals surface area contributed by atoms with Crippen molar-refractivity contribution < 1.29 is 14.9 Å². The SMILES string of the molecule is CC(C)[C@@H]([NH2+][C@@H](C(=O)NC(N)=O)c1ccccc1)c1ccccc1. The number of amides is 3. The lowest BCUT2D eigenvalue weighted by atomic mass is 9.94. The molecule has 2 atom stereocenters. The molecule has 0 spiro atoms. The number of hydrogen-bond donors (Lipinski definition) is 3.